The molecule has 24 heavy (non-hydrogen) atoms. The third-order valence-corrected chi connectivity index (χ3v) is 5.57. The molecule has 0 fully saturated rings. The van der Waals surface area contributed by atoms with Gasteiger partial charge < -0.3 is 15.6 Å². The Labute approximate surface area is 143 Å². The van der Waals surface area contributed by atoms with Crippen LogP contribution in [0.15, 0.2) is 24.8 Å². The van der Waals surface area contributed by atoms with Crippen molar-refractivity contribution >= 4 is 33.1 Å². The van der Waals surface area contributed by atoms with E-state index in [0.717, 1.165) is 54.0 Å². The molecule has 0 radical (unpaired) electrons. The van der Waals surface area contributed by atoms with E-state index in [4.69, 9.17) is 5.73 Å². The normalized spacial score (nSPS) is 14.2. The van der Waals surface area contributed by atoms with Gasteiger partial charge in [0.05, 0.1) is 29.1 Å². The maximum absolute atomic E-state index is 14.1. The van der Waals surface area contributed by atoms with Gasteiger partial charge in [0.2, 0.25) is 0 Å². The topological polar surface area (TPSA) is 57.9 Å². The summed E-state index contributed by atoms with van der Waals surface area (Å²) < 4.78 is 14.1. The van der Waals surface area contributed by atoms with E-state index in [1.807, 2.05) is 12.1 Å². The minimum atomic E-state index is -0.225. The van der Waals surface area contributed by atoms with Crippen LogP contribution in [-0.2, 0) is 19.4 Å². The van der Waals surface area contributed by atoms with E-state index in [0.29, 0.717) is 10.6 Å². The Bertz CT molecular complexity index is 940. The molecule has 0 saturated heterocycles. The lowest BCUT2D eigenvalue weighted by atomic mass is 10.1. The second-order valence-corrected chi connectivity index (χ2v) is 7.19. The highest BCUT2D eigenvalue weighted by atomic mass is 32.1. The molecule has 2 aromatic heterocycles. The number of aromatic nitrogens is 2. The number of hydrogen-bond donors (Lipinski definition) is 2. The van der Waals surface area contributed by atoms with Crippen LogP contribution in [0.4, 0.5) is 9.52 Å². The van der Waals surface area contributed by atoms with Crippen LogP contribution in [-0.4, -0.2) is 21.4 Å². The molecule has 0 aliphatic carbocycles. The molecule has 4 nitrogen and oxygen atoms in total. The number of anilines is 1. The van der Waals surface area contributed by atoms with Crippen LogP contribution in [0.1, 0.15) is 28.8 Å². The van der Waals surface area contributed by atoms with Crippen LogP contribution in [0.25, 0.3) is 16.6 Å². The molecule has 0 spiro atoms. The van der Waals surface area contributed by atoms with E-state index in [-0.39, 0.29) is 5.82 Å². The first-order valence-corrected chi connectivity index (χ1v) is 8.87. The van der Waals surface area contributed by atoms with E-state index in [1.54, 1.807) is 0 Å². The van der Waals surface area contributed by atoms with Crippen LogP contribution >= 0.6 is 11.3 Å². The summed E-state index contributed by atoms with van der Waals surface area (Å²) >= 11 is 1.53. The predicted molar refractivity (Wildman–Crippen MR) is 97.3 cm³/mol. The van der Waals surface area contributed by atoms with Crippen molar-refractivity contribution in [1.82, 2.24) is 14.9 Å². The van der Waals surface area contributed by atoms with Gasteiger partial charge in [0, 0.05) is 23.2 Å². The van der Waals surface area contributed by atoms with Crippen molar-refractivity contribution in [3.8, 4) is 0 Å². The van der Waals surface area contributed by atoms with Crippen molar-refractivity contribution in [3.05, 3.63) is 52.4 Å². The number of halogens is 1. The molecular formula is C18H19FN4S. The Morgan fingerprint density at radius 2 is 2.33 bits per heavy atom. The summed E-state index contributed by atoms with van der Waals surface area (Å²) in [5, 5.41) is 1.56. The lowest BCUT2D eigenvalue weighted by molar-refractivity contribution is 0.375. The fourth-order valence-electron chi connectivity index (χ4n) is 3.32. The number of rotatable bonds is 3. The number of nitrogen functional groups attached to an aromatic ring is 1. The molecule has 6 heteroatoms. The lowest BCUT2D eigenvalue weighted by Crippen LogP contribution is -2.28. The largest absolute Gasteiger partial charge is 0.375 e. The first-order valence-electron chi connectivity index (χ1n) is 8.05. The van der Waals surface area contributed by atoms with Gasteiger partial charge in [-0.1, -0.05) is 19.6 Å². The zero-order valence-corrected chi connectivity index (χ0v) is 14.3. The number of benzene rings is 1. The van der Waals surface area contributed by atoms with Crippen LogP contribution in [0.5, 0.6) is 0 Å². The Morgan fingerprint density at radius 3 is 3.12 bits per heavy atom. The van der Waals surface area contributed by atoms with Crippen LogP contribution in [0, 0.1) is 5.82 Å². The second kappa shape index (κ2) is 5.63. The summed E-state index contributed by atoms with van der Waals surface area (Å²) in [7, 11) is 0. The number of nitrogens with zero attached hydrogens (tertiary/aromatic N) is 2. The Morgan fingerprint density at radius 1 is 1.50 bits per heavy atom. The van der Waals surface area contributed by atoms with Crippen molar-refractivity contribution in [2.45, 2.75) is 26.3 Å². The minimum absolute atomic E-state index is 0.225. The summed E-state index contributed by atoms with van der Waals surface area (Å²) in [5.74, 6) is -0.225. The first-order chi connectivity index (χ1) is 11.6. The quantitative estimate of drug-likeness (QED) is 0.758. The molecule has 124 valence electrons. The molecule has 0 saturated carbocycles. The summed E-state index contributed by atoms with van der Waals surface area (Å²) in [5.41, 5.74) is 10.3. The van der Waals surface area contributed by atoms with Gasteiger partial charge in [-0.3, -0.25) is 0 Å². The van der Waals surface area contributed by atoms with E-state index in [2.05, 4.69) is 28.4 Å². The Kier molecular flexibility index (Phi) is 3.57. The second-order valence-electron chi connectivity index (χ2n) is 6.07. The zero-order chi connectivity index (χ0) is 16.8. The van der Waals surface area contributed by atoms with E-state index >= 15 is 0 Å². The number of hydrogen-bond acceptors (Lipinski definition) is 4. The summed E-state index contributed by atoms with van der Waals surface area (Å²) in [4.78, 5) is 11.0. The fourth-order valence-corrected chi connectivity index (χ4v) is 4.22. The molecule has 3 heterocycles. The van der Waals surface area contributed by atoms with Gasteiger partial charge in [0.1, 0.15) is 5.82 Å². The van der Waals surface area contributed by atoms with Crippen molar-refractivity contribution in [1.29, 1.82) is 0 Å². The molecule has 0 bridgehead atoms. The minimum Gasteiger partial charge on any atom is -0.375 e. The van der Waals surface area contributed by atoms with Gasteiger partial charge in [-0.25, -0.2) is 9.37 Å². The van der Waals surface area contributed by atoms with E-state index in [1.165, 1.54) is 22.3 Å². The molecule has 1 aliphatic heterocycles. The molecule has 0 atom stereocenters. The van der Waals surface area contributed by atoms with Gasteiger partial charge in [0.25, 0.3) is 0 Å². The van der Waals surface area contributed by atoms with Crippen LogP contribution in [0.2, 0.25) is 0 Å². The van der Waals surface area contributed by atoms with Crippen molar-refractivity contribution < 1.29 is 4.39 Å². The SMILES string of the molecule is C=C(c1cc2c(CC)ccc(F)c2[nH]1)N1CCc2nc(N)sc2C1. The maximum atomic E-state index is 14.1. The number of H-pyrrole nitrogens is 1. The van der Waals surface area contributed by atoms with E-state index < -0.39 is 0 Å². The van der Waals surface area contributed by atoms with Crippen molar-refractivity contribution in [3.63, 3.8) is 0 Å². The Hall–Kier alpha value is -2.34. The third-order valence-electron chi connectivity index (χ3n) is 4.65. The third kappa shape index (κ3) is 2.38. The van der Waals surface area contributed by atoms with Crippen molar-refractivity contribution in [2.24, 2.45) is 0 Å². The molecular weight excluding hydrogens is 323 g/mol. The average Bonchev–Trinajstić information content (AvgIpc) is 3.17. The maximum Gasteiger partial charge on any atom is 0.180 e. The monoisotopic (exact) mass is 342 g/mol. The molecule has 0 amide bonds. The zero-order valence-electron chi connectivity index (χ0n) is 13.5. The highest BCUT2D eigenvalue weighted by Crippen LogP contribution is 2.32. The fraction of sp³-hybridized carbons (Fsp3) is 0.278. The number of thiazole rings is 1. The van der Waals surface area contributed by atoms with Crippen LogP contribution in [0.3, 0.4) is 0 Å². The molecule has 4 rings (SSSR count). The highest BCUT2D eigenvalue weighted by molar-refractivity contribution is 7.15. The standard InChI is InChI=1S/C18H19FN4S/c1-3-11-4-5-13(19)17-12(11)8-15(21-17)10(2)23-7-6-14-16(9-23)24-18(20)22-14/h4-5,8,21H,2-3,6-7,9H2,1H3,(H2,20,22). The summed E-state index contributed by atoms with van der Waals surface area (Å²) in [6, 6.07) is 5.39. The molecule has 1 aromatic carbocycles. The van der Waals surface area contributed by atoms with Gasteiger partial charge in [-0.15, -0.1) is 11.3 Å². The van der Waals surface area contributed by atoms with Gasteiger partial charge >= 0.3 is 0 Å². The average molecular weight is 342 g/mol. The summed E-state index contributed by atoms with van der Waals surface area (Å²) in [6.07, 6.45) is 1.73. The van der Waals surface area contributed by atoms with Crippen molar-refractivity contribution in [2.75, 3.05) is 12.3 Å². The smallest absolute Gasteiger partial charge is 0.180 e. The summed E-state index contributed by atoms with van der Waals surface area (Å²) in [6.45, 7) is 7.90. The van der Waals surface area contributed by atoms with Crippen LogP contribution < -0.4 is 5.73 Å². The highest BCUT2D eigenvalue weighted by Gasteiger charge is 2.22. The number of fused-ring (bicyclic) bond motifs is 2. The van der Waals surface area contributed by atoms with Gasteiger partial charge in [-0.2, -0.15) is 0 Å². The van der Waals surface area contributed by atoms with Gasteiger partial charge in [-0.05, 0) is 24.1 Å². The lowest BCUT2D eigenvalue weighted by Gasteiger charge is -2.29. The predicted octanol–water partition coefficient (Wildman–Crippen LogP) is 3.94. The number of nitrogens with one attached hydrogen (secondary N) is 1. The number of nitrogens with two attached hydrogens (primary N) is 1. The molecule has 3 aromatic rings. The van der Waals surface area contributed by atoms with E-state index in [9.17, 15) is 4.39 Å². The molecule has 1 aliphatic rings. The molecule has 3 N–H and O–H groups in total. The number of aryl methyl sites for hydroxylation is 1. The number of aromatic amines is 1. The van der Waals surface area contributed by atoms with Gasteiger partial charge in [0.15, 0.2) is 5.13 Å². The first kappa shape index (κ1) is 15.2. The molecule has 0 unspecified atom stereocenters. The Balaban J connectivity index is 1.68.